The highest BCUT2D eigenvalue weighted by Crippen LogP contribution is 2.42. The van der Waals surface area contributed by atoms with Crippen LogP contribution in [-0.4, -0.2) is 19.0 Å². The molecule has 1 aliphatic rings. The molecule has 0 aliphatic carbocycles. The summed E-state index contributed by atoms with van der Waals surface area (Å²) in [7, 11) is 3.65. The highest BCUT2D eigenvalue weighted by molar-refractivity contribution is 5.99. The lowest BCUT2D eigenvalue weighted by Gasteiger charge is -2.23. The molecule has 0 bridgehead atoms. The Labute approximate surface area is 175 Å². The van der Waals surface area contributed by atoms with Crippen molar-refractivity contribution in [3.05, 3.63) is 101 Å². The van der Waals surface area contributed by atoms with Gasteiger partial charge in [0.25, 0.3) is 0 Å². The number of hydrogen-bond donors (Lipinski definition) is 0. The van der Waals surface area contributed by atoms with Gasteiger partial charge in [-0.1, -0.05) is 60.7 Å². The van der Waals surface area contributed by atoms with Crippen LogP contribution in [0.5, 0.6) is 5.75 Å². The first-order valence-electron chi connectivity index (χ1n) is 9.53. The summed E-state index contributed by atoms with van der Waals surface area (Å²) in [5.41, 5.74) is 3.38. The second kappa shape index (κ2) is 7.99. The molecule has 0 saturated heterocycles. The lowest BCUT2D eigenvalue weighted by molar-refractivity contribution is 0.514. The Morgan fingerprint density at radius 1 is 0.900 bits per heavy atom. The Kier molecular flexibility index (Phi) is 5.08. The van der Waals surface area contributed by atoms with Gasteiger partial charge in [-0.25, -0.2) is 0 Å². The summed E-state index contributed by atoms with van der Waals surface area (Å²) < 4.78 is 6.38. The fourth-order valence-corrected chi connectivity index (χ4v) is 3.51. The number of likely N-dealkylation sites (N-methyl/N-ethyl adjacent to an activating group) is 1. The van der Waals surface area contributed by atoms with Gasteiger partial charge in [-0.2, -0.15) is 10.5 Å². The van der Waals surface area contributed by atoms with E-state index >= 15 is 0 Å². The summed E-state index contributed by atoms with van der Waals surface area (Å²) in [4.78, 5) is 1.78. The SMILES string of the molecule is CN(C)C(/C=C1\C=C(c2ccccc2)Oc2c1ccc1ccccc21)=C(C#N)C#N. The number of ether oxygens (including phenoxy) is 1. The molecule has 0 unspecified atom stereocenters. The molecule has 1 heterocycles. The normalized spacial score (nSPS) is 13.5. The highest BCUT2D eigenvalue weighted by Gasteiger charge is 2.21. The van der Waals surface area contributed by atoms with Crippen molar-refractivity contribution < 1.29 is 4.74 Å². The molecule has 1 aliphatic heterocycles. The number of benzene rings is 3. The molecule has 4 rings (SSSR count). The first-order chi connectivity index (χ1) is 14.6. The van der Waals surface area contributed by atoms with Crippen LogP contribution in [0.1, 0.15) is 11.1 Å². The zero-order valence-electron chi connectivity index (χ0n) is 16.8. The Bertz CT molecular complexity index is 1280. The quantitative estimate of drug-likeness (QED) is 0.554. The summed E-state index contributed by atoms with van der Waals surface area (Å²) in [6, 6.07) is 26.1. The molecule has 0 aromatic heterocycles. The summed E-state index contributed by atoms with van der Waals surface area (Å²) in [6.07, 6.45) is 3.84. The van der Waals surface area contributed by atoms with Crippen LogP contribution in [0, 0.1) is 22.7 Å². The van der Waals surface area contributed by atoms with E-state index < -0.39 is 0 Å². The predicted octanol–water partition coefficient (Wildman–Crippen LogP) is 5.52. The Morgan fingerprint density at radius 2 is 1.60 bits per heavy atom. The van der Waals surface area contributed by atoms with Crippen molar-refractivity contribution in [1.29, 1.82) is 10.5 Å². The number of nitrogens with zero attached hydrogens (tertiary/aromatic N) is 3. The van der Waals surface area contributed by atoms with Gasteiger partial charge in [-0.05, 0) is 29.2 Å². The van der Waals surface area contributed by atoms with Crippen LogP contribution in [0.2, 0.25) is 0 Å². The largest absolute Gasteiger partial charge is 0.455 e. The fourth-order valence-electron chi connectivity index (χ4n) is 3.51. The van der Waals surface area contributed by atoms with Crippen molar-refractivity contribution in [2.45, 2.75) is 0 Å². The van der Waals surface area contributed by atoms with Crippen molar-refractivity contribution in [3.63, 3.8) is 0 Å². The second-order valence-corrected chi connectivity index (χ2v) is 7.12. The molecular formula is C26H19N3O. The summed E-state index contributed by atoms with van der Waals surface area (Å²) >= 11 is 0. The molecule has 0 saturated carbocycles. The summed E-state index contributed by atoms with van der Waals surface area (Å²) in [6.45, 7) is 0. The van der Waals surface area contributed by atoms with Crippen LogP contribution in [0.25, 0.3) is 22.1 Å². The van der Waals surface area contributed by atoms with Gasteiger partial charge in [-0.3, -0.25) is 0 Å². The third kappa shape index (κ3) is 3.43. The van der Waals surface area contributed by atoms with Crippen molar-refractivity contribution in [2.24, 2.45) is 0 Å². The van der Waals surface area contributed by atoms with Crippen LogP contribution in [0.15, 0.2) is 90.2 Å². The van der Waals surface area contributed by atoms with Gasteiger partial charge in [0.15, 0.2) is 5.57 Å². The van der Waals surface area contributed by atoms with E-state index in [9.17, 15) is 10.5 Å². The van der Waals surface area contributed by atoms with Gasteiger partial charge in [0, 0.05) is 30.6 Å². The van der Waals surface area contributed by atoms with Gasteiger partial charge in [0.2, 0.25) is 0 Å². The Morgan fingerprint density at radius 3 is 2.30 bits per heavy atom. The maximum absolute atomic E-state index is 9.42. The van der Waals surface area contributed by atoms with Crippen molar-refractivity contribution in [3.8, 4) is 17.9 Å². The zero-order chi connectivity index (χ0) is 21.1. The minimum absolute atomic E-state index is 0.0657. The molecule has 3 aromatic rings. The highest BCUT2D eigenvalue weighted by atomic mass is 16.5. The van der Waals surface area contributed by atoms with E-state index in [1.54, 1.807) is 4.90 Å². The minimum atomic E-state index is 0.0657. The van der Waals surface area contributed by atoms with Gasteiger partial charge >= 0.3 is 0 Å². The van der Waals surface area contributed by atoms with E-state index in [1.165, 1.54) is 0 Å². The Hall–Kier alpha value is -4.28. The first kappa shape index (κ1) is 19.1. The van der Waals surface area contributed by atoms with Gasteiger partial charge in [0.1, 0.15) is 23.6 Å². The second-order valence-electron chi connectivity index (χ2n) is 7.12. The van der Waals surface area contributed by atoms with Crippen LogP contribution in [0.4, 0.5) is 0 Å². The Balaban J connectivity index is 2.00. The number of allylic oxidation sites excluding steroid dienone is 4. The van der Waals surface area contributed by atoms with E-state index in [2.05, 4.69) is 12.1 Å². The van der Waals surface area contributed by atoms with Gasteiger partial charge in [0.05, 0.1) is 5.70 Å². The lowest BCUT2D eigenvalue weighted by Crippen LogP contribution is -2.12. The third-order valence-corrected chi connectivity index (χ3v) is 5.00. The average Bonchev–Trinajstić information content (AvgIpc) is 2.79. The van der Waals surface area contributed by atoms with Crippen molar-refractivity contribution >= 4 is 22.1 Å². The number of fused-ring (bicyclic) bond motifs is 3. The molecule has 0 fully saturated rings. The van der Waals surface area contributed by atoms with E-state index in [-0.39, 0.29) is 5.57 Å². The molecule has 0 radical (unpaired) electrons. The van der Waals surface area contributed by atoms with Gasteiger partial charge in [-0.15, -0.1) is 0 Å². The molecule has 0 spiro atoms. The molecule has 4 nitrogen and oxygen atoms in total. The molecule has 144 valence electrons. The summed E-state index contributed by atoms with van der Waals surface area (Å²) in [5.74, 6) is 1.49. The molecule has 0 N–H and O–H groups in total. The lowest BCUT2D eigenvalue weighted by atomic mass is 9.94. The van der Waals surface area contributed by atoms with Crippen LogP contribution >= 0.6 is 0 Å². The van der Waals surface area contributed by atoms with Crippen molar-refractivity contribution in [2.75, 3.05) is 14.1 Å². The van der Waals surface area contributed by atoms with E-state index in [4.69, 9.17) is 4.74 Å². The van der Waals surface area contributed by atoms with E-state index in [0.29, 0.717) is 5.70 Å². The first-order valence-corrected chi connectivity index (χ1v) is 9.53. The molecule has 0 amide bonds. The van der Waals surface area contributed by atoms with Gasteiger partial charge < -0.3 is 9.64 Å². The maximum atomic E-state index is 9.42. The minimum Gasteiger partial charge on any atom is -0.455 e. The molecule has 4 heteroatoms. The van der Waals surface area contributed by atoms with Crippen LogP contribution in [-0.2, 0) is 0 Å². The predicted molar refractivity (Wildman–Crippen MR) is 119 cm³/mol. The summed E-state index contributed by atoms with van der Waals surface area (Å²) in [5, 5.41) is 20.9. The third-order valence-electron chi connectivity index (χ3n) is 5.00. The molecule has 30 heavy (non-hydrogen) atoms. The average molecular weight is 389 g/mol. The molecule has 3 aromatic carbocycles. The number of hydrogen-bond acceptors (Lipinski definition) is 4. The zero-order valence-corrected chi connectivity index (χ0v) is 16.8. The number of nitriles is 2. The maximum Gasteiger partial charge on any atom is 0.152 e. The molecular weight excluding hydrogens is 370 g/mol. The van der Waals surface area contributed by atoms with Crippen LogP contribution in [0.3, 0.4) is 0 Å². The van der Waals surface area contributed by atoms with E-state index in [0.717, 1.165) is 39.0 Å². The van der Waals surface area contributed by atoms with E-state index in [1.807, 2.05) is 93.0 Å². The topological polar surface area (TPSA) is 60.0 Å². The monoisotopic (exact) mass is 389 g/mol. The fraction of sp³-hybridized carbons (Fsp3) is 0.0769. The molecule has 0 atom stereocenters. The number of rotatable bonds is 3. The smallest absolute Gasteiger partial charge is 0.152 e. The van der Waals surface area contributed by atoms with Crippen LogP contribution < -0.4 is 4.74 Å². The standard InChI is InChI=1S/C26H19N3O/c1-29(2)24(21(16-27)17-28)14-20-15-25(19-9-4-3-5-10-19)30-26-22-11-7-6-8-18(22)12-13-23(20)26/h3-15H,1-2H3/b20-14+. The van der Waals surface area contributed by atoms with Crippen molar-refractivity contribution in [1.82, 2.24) is 4.90 Å².